The molecule has 8 heteroatoms. The number of nitrogens with zero attached hydrogens (tertiary/aromatic N) is 2. The van der Waals surface area contributed by atoms with E-state index in [1.165, 1.54) is 9.21 Å². The normalized spacial score (nSPS) is 17.2. The van der Waals surface area contributed by atoms with E-state index in [1.54, 1.807) is 18.2 Å². The van der Waals surface area contributed by atoms with Crippen LogP contribution < -0.4 is 0 Å². The summed E-state index contributed by atoms with van der Waals surface area (Å²) in [6.07, 6.45) is -1.01. The number of hydrogen-bond donors (Lipinski definition) is 1. The lowest BCUT2D eigenvalue weighted by Crippen LogP contribution is -2.50. The van der Waals surface area contributed by atoms with Crippen molar-refractivity contribution >= 4 is 32.0 Å². The molecule has 1 aliphatic heterocycles. The quantitative estimate of drug-likeness (QED) is 0.868. The molecule has 0 aromatic heterocycles. The number of benzene rings is 1. The van der Waals surface area contributed by atoms with Crippen LogP contribution in [0.3, 0.4) is 0 Å². The Balaban J connectivity index is 2.19. The van der Waals surface area contributed by atoms with Crippen molar-refractivity contribution < 1.29 is 18.3 Å². The van der Waals surface area contributed by atoms with Crippen LogP contribution in [0.1, 0.15) is 5.56 Å². The van der Waals surface area contributed by atoms with Gasteiger partial charge in [0, 0.05) is 30.7 Å². The van der Waals surface area contributed by atoms with Crippen LogP contribution in [0.4, 0.5) is 4.79 Å². The van der Waals surface area contributed by atoms with Gasteiger partial charge in [-0.3, -0.25) is 0 Å². The molecule has 0 spiro atoms. The summed E-state index contributed by atoms with van der Waals surface area (Å²) < 4.78 is 27.1. The van der Waals surface area contributed by atoms with Gasteiger partial charge in [-0.25, -0.2) is 13.2 Å². The lowest BCUT2D eigenvalue weighted by atomic mass is 10.2. The number of aryl methyl sites for hydroxylation is 1. The number of halogens is 1. The summed E-state index contributed by atoms with van der Waals surface area (Å²) >= 11 is 3.34. The minimum atomic E-state index is -3.56. The van der Waals surface area contributed by atoms with E-state index < -0.39 is 16.1 Å². The molecule has 6 nitrogen and oxygen atoms in total. The molecular formula is C12H15BrN2O4S. The third-order valence-corrected chi connectivity index (χ3v) is 6.06. The average molecular weight is 363 g/mol. The molecule has 0 radical (unpaired) electrons. The van der Waals surface area contributed by atoms with E-state index in [4.69, 9.17) is 5.11 Å². The Kier molecular flexibility index (Phi) is 4.36. The molecule has 0 bridgehead atoms. The first-order valence-electron chi connectivity index (χ1n) is 6.06. The van der Waals surface area contributed by atoms with Gasteiger partial charge in [-0.15, -0.1) is 0 Å². The summed E-state index contributed by atoms with van der Waals surface area (Å²) in [4.78, 5) is 12.3. The van der Waals surface area contributed by atoms with E-state index in [2.05, 4.69) is 15.9 Å². The van der Waals surface area contributed by atoms with Gasteiger partial charge in [0.05, 0.1) is 4.90 Å². The van der Waals surface area contributed by atoms with Crippen molar-refractivity contribution in [3.8, 4) is 0 Å². The molecule has 110 valence electrons. The summed E-state index contributed by atoms with van der Waals surface area (Å²) in [6, 6.07) is 4.87. The van der Waals surface area contributed by atoms with Gasteiger partial charge >= 0.3 is 6.09 Å². The molecule has 0 aliphatic carbocycles. The fourth-order valence-electron chi connectivity index (χ4n) is 2.05. The molecule has 1 amide bonds. The molecule has 1 N–H and O–H groups in total. The standard InChI is InChI=1S/C12H15BrN2O4S/c1-9-8-10(2-3-11(9)13)20(18,19)15-6-4-14(5-7-15)12(16)17/h2-3,8H,4-7H2,1H3,(H,16,17). The molecular weight excluding hydrogens is 348 g/mol. The van der Waals surface area contributed by atoms with E-state index in [-0.39, 0.29) is 31.1 Å². The minimum Gasteiger partial charge on any atom is -0.465 e. The van der Waals surface area contributed by atoms with Gasteiger partial charge in [-0.05, 0) is 30.7 Å². The molecule has 1 saturated heterocycles. The van der Waals surface area contributed by atoms with E-state index in [9.17, 15) is 13.2 Å². The van der Waals surface area contributed by atoms with Crippen LogP contribution in [-0.4, -0.2) is 55.0 Å². The first-order chi connectivity index (χ1) is 9.32. The highest BCUT2D eigenvalue weighted by atomic mass is 79.9. The molecule has 20 heavy (non-hydrogen) atoms. The van der Waals surface area contributed by atoms with Gasteiger partial charge in [0.2, 0.25) is 10.0 Å². The number of sulfonamides is 1. The van der Waals surface area contributed by atoms with Crippen molar-refractivity contribution in [2.24, 2.45) is 0 Å². The zero-order valence-electron chi connectivity index (χ0n) is 10.9. The van der Waals surface area contributed by atoms with Crippen LogP contribution in [0.5, 0.6) is 0 Å². The van der Waals surface area contributed by atoms with Crippen molar-refractivity contribution in [3.05, 3.63) is 28.2 Å². The van der Waals surface area contributed by atoms with Crippen LogP contribution in [0.25, 0.3) is 0 Å². The summed E-state index contributed by atoms with van der Waals surface area (Å²) in [5.41, 5.74) is 0.843. The summed E-state index contributed by atoms with van der Waals surface area (Å²) in [6.45, 7) is 2.59. The van der Waals surface area contributed by atoms with E-state index in [0.29, 0.717) is 0 Å². The summed E-state index contributed by atoms with van der Waals surface area (Å²) in [5.74, 6) is 0. The van der Waals surface area contributed by atoms with Crippen molar-refractivity contribution in [3.63, 3.8) is 0 Å². The van der Waals surface area contributed by atoms with Crippen LogP contribution in [0, 0.1) is 6.92 Å². The molecule has 2 rings (SSSR count). The molecule has 0 unspecified atom stereocenters. The van der Waals surface area contributed by atoms with Gasteiger partial charge in [-0.1, -0.05) is 15.9 Å². The second kappa shape index (κ2) is 5.71. The van der Waals surface area contributed by atoms with E-state index in [1.807, 2.05) is 6.92 Å². The van der Waals surface area contributed by atoms with E-state index >= 15 is 0 Å². The Bertz CT molecular complexity index is 624. The second-order valence-corrected chi connectivity index (χ2v) is 7.38. The molecule has 1 heterocycles. The van der Waals surface area contributed by atoms with Crippen molar-refractivity contribution in [2.45, 2.75) is 11.8 Å². The van der Waals surface area contributed by atoms with Gasteiger partial charge in [0.15, 0.2) is 0 Å². The largest absolute Gasteiger partial charge is 0.465 e. The highest BCUT2D eigenvalue weighted by molar-refractivity contribution is 9.10. The maximum atomic E-state index is 12.5. The van der Waals surface area contributed by atoms with Gasteiger partial charge in [0.1, 0.15) is 0 Å². The molecule has 0 atom stereocenters. The van der Waals surface area contributed by atoms with E-state index in [0.717, 1.165) is 10.0 Å². The Morgan fingerprint density at radius 1 is 1.25 bits per heavy atom. The number of rotatable bonds is 2. The van der Waals surface area contributed by atoms with Crippen LogP contribution in [0.2, 0.25) is 0 Å². The summed E-state index contributed by atoms with van der Waals surface area (Å²) in [5, 5.41) is 8.86. The van der Waals surface area contributed by atoms with Crippen molar-refractivity contribution in [1.82, 2.24) is 9.21 Å². The number of hydrogen-bond acceptors (Lipinski definition) is 3. The van der Waals surface area contributed by atoms with Gasteiger partial charge in [0.25, 0.3) is 0 Å². The highest BCUT2D eigenvalue weighted by Gasteiger charge is 2.30. The first kappa shape index (κ1) is 15.3. The number of amides is 1. The fraction of sp³-hybridized carbons (Fsp3) is 0.417. The zero-order chi connectivity index (χ0) is 14.9. The van der Waals surface area contributed by atoms with Gasteiger partial charge < -0.3 is 10.0 Å². The van der Waals surface area contributed by atoms with Crippen LogP contribution in [-0.2, 0) is 10.0 Å². The maximum absolute atomic E-state index is 12.5. The Morgan fingerprint density at radius 2 is 1.85 bits per heavy atom. The molecule has 0 saturated carbocycles. The molecule has 1 aliphatic rings. The minimum absolute atomic E-state index is 0.184. The monoisotopic (exact) mass is 362 g/mol. The van der Waals surface area contributed by atoms with Crippen LogP contribution in [0.15, 0.2) is 27.6 Å². The fourth-order valence-corrected chi connectivity index (χ4v) is 3.80. The highest BCUT2D eigenvalue weighted by Crippen LogP contribution is 2.23. The smallest absolute Gasteiger partial charge is 0.407 e. The molecule has 1 aromatic carbocycles. The lowest BCUT2D eigenvalue weighted by molar-refractivity contribution is 0.126. The maximum Gasteiger partial charge on any atom is 0.407 e. The number of carbonyl (C=O) groups is 1. The topological polar surface area (TPSA) is 77.9 Å². The Hall–Kier alpha value is -1.12. The summed E-state index contributed by atoms with van der Waals surface area (Å²) in [7, 11) is -3.56. The predicted molar refractivity (Wildman–Crippen MR) is 77.2 cm³/mol. The van der Waals surface area contributed by atoms with Gasteiger partial charge in [-0.2, -0.15) is 4.31 Å². The lowest BCUT2D eigenvalue weighted by Gasteiger charge is -2.32. The molecule has 1 aromatic rings. The third-order valence-electron chi connectivity index (χ3n) is 3.28. The number of carboxylic acid groups (broad SMARTS) is 1. The van der Waals surface area contributed by atoms with Crippen molar-refractivity contribution in [1.29, 1.82) is 0 Å². The predicted octanol–water partition coefficient (Wildman–Crippen LogP) is 1.74. The average Bonchev–Trinajstić information content (AvgIpc) is 2.41. The van der Waals surface area contributed by atoms with Crippen molar-refractivity contribution in [2.75, 3.05) is 26.2 Å². The molecule has 1 fully saturated rings. The Labute approximate surface area is 126 Å². The second-order valence-electron chi connectivity index (χ2n) is 4.58. The third kappa shape index (κ3) is 2.97. The Morgan fingerprint density at radius 3 is 2.35 bits per heavy atom. The number of piperazine rings is 1. The first-order valence-corrected chi connectivity index (χ1v) is 8.30. The SMILES string of the molecule is Cc1cc(S(=O)(=O)N2CCN(C(=O)O)CC2)ccc1Br. The zero-order valence-corrected chi connectivity index (χ0v) is 13.3. The van der Waals surface area contributed by atoms with Crippen LogP contribution >= 0.6 is 15.9 Å².